The fourth-order valence-corrected chi connectivity index (χ4v) is 4.88. The summed E-state index contributed by atoms with van der Waals surface area (Å²) >= 11 is 1.80. The first-order chi connectivity index (χ1) is 14.8. The summed E-state index contributed by atoms with van der Waals surface area (Å²) in [4.78, 5) is 1.15. The van der Waals surface area contributed by atoms with Gasteiger partial charge in [-0.05, 0) is 45.3 Å². The minimum atomic E-state index is 0.880. The highest BCUT2D eigenvalue weighted by Gasteiger charge is 2.07. The number of nitrogens with two attached hydrogens (primary N) is 1. The number of fused-ring (bicyclic) bond motifs is 2. The van der Waals surface area contributed by atoms with Crippen LogP contribution in [0.15, 0.2) is 108 Å². The molecule has 0 aromatic heterocycles. The van der Waals surface area contributed by atoms with Crippen LogP contribution in [0, 0.1) is 0 Å². The summed E-state index contributed by atoms with van der Waals surface area (Å²) in [7, 11) is 0. The Morgan fingerprint density at radius 1 is 0.567 bits per heavy atom. The molecule has 2 heteroatoms. The molecule has 0 aliphatic heterocycles. The minimum Gasteiger partial charge on any atom is -0.397 e. The lowest BCUT2D eigenvalue weighted by Gasteiger charge is -2.11. The van der Waals surface area contributed by atoms with E-state index in [2.05, 4.69) is 97.1 Å². The van der Waals surface area contributed by atoms with Gasteiger partial charge in [-0.2, -0.15) is 0 Å². The molecular formula is C28H23NS. The van der Waals surface area contributed by atoms with E-state index in [1.807, 2.05) is 6.07 Å². The van der Waals surface area contributed by atoms with Crippen LogP contribution in [-0.4, -0.2) is 0 Å². The second-order valence-corrected chi connectivity index (χ2v) is 8.68. The van der Waals surface area contributed by atoms with Crippen LogP contribution in [0.4, 0.5) is 5.69 Å². The van der Waals surface area contributed by atoms with Crippen molar-refractivity contribution >= 4 is 39.0 Å². The Hall–Kier alpha value is -3.23. The Morgan fingerprint density at radius 2 is 1.23 bits per heavy atom. The van der Waals surface area contributed by atoms with E-state index < -0.39 is 0 Å². The van der Waals surface area contributed by atoms with E-state index in [1.165, 1.54) is 32.8 Å². The van der Waals surface area contributed by atoms with Crippen LogP contribution in [0.3, 0.4) is 0 Å². The van der Waals surface area contributed by atoms with Gasteiger partial charge in [-0.15, -0.1) is 11.8 Å². The lowest BCUT2D eigenvalue weighted by atomic mass is 9.98. The Balaban J connectivity index is 1.38. The minimum absolute atomic E-state index is 0.880. The van der Waals surface area contributed by atoms with E-state index in [-0.39, 0.29) is 0 Å². The highest BCUT2D eigenvalue weighted by molar-refractivity contribution is 7.98. The summed E-state index contributed by atoms with van der Waals surface area (Å²) in [5.74, 6) is 0.927. The number of nitrogen functional groups attached to an aromatic ring is 1. The number of benzene rings is 5. The van der Waals surface area contributed by atoms with Crippen LogP contribution in [0.1, 0.15) is 16.7 Å². The molecule has 0 fully saturated rings. The van der Waals surface area contributed by atoms with Crippen molar-refractivity contribution in [1.29, 1.82) is 0 Å². The lowest BCUT2D eigenvalue weighted by Crippen LogP contribution is -1.93. The highest BCUT2D eigenvalue weighted by atomic mass is 32.2. The van der Waals surface area contributed by atoms with Gasteiger partial charge in [-0.1, -0.05) is 97.1 Å². The van der Waals surface area contributed by atoms with E-state index >= 15 is 0 Å². The summed E-state index contributed by atoms with van der Waals surface area (Å²) in [6.07, 6.45) is 0.922. The zero-order chi connectivity index (χ0) is 20.3. The van der Waals surface area contributed by atoms with E-state index in [4.69, 9.17) is 5.73 Å². The molecule has 146 valence electrons. The fourth-order valence-electron chi connectivity index (χ4n) is 3.94. The first-order valence-corrected chi connectivity index (χ1v) is 11.2. The van der Waals surface area contributed by atoms with Gasteiger partial charge in [0.2, 0.25) is 0 Å². The molecule has 5 rings (SSSR count). The molecule has 0 heterocycles. The van der Waals surface area contributed by atoms with Gasteiger partial charge in [0.1, 0.15) is 0 Å². The first kappa shape index (κ1) is 18.8. The predicted molar refractivity (Wildman–Crippen MR) is 131 cm³/mol. The van der Waals surface area contributed by atoms with Gasteiger partial charge in [0, 0.05) is 16.0 Å². The number of anilines is 1. The molecule has 0 spiro atoms. The lowest BCUT2D eigenvalue weighted by molar-refractivity contribution is 1.21. The van der Waals surface area contributed by atoms with Crippen molar-refractivity contribution in [2.24, 2.45) is 0 Å². The molecule has 0 radical (unpaired) electrons. The van der Waals surface area contributed by atoms with Gasteiger partial charge in [0.25, 0.3) is 0 Å². The largest absolute Gasteiger partial charge is 0.397 e. The van der Waals surface area contributed by atoms with Gasteiger partial charge in [-0.3, -0.25) is 0 Å². The molecule has 5 aromatic carbocycles. The van der Waals surface area contributed by atoms with Crippen LogP contribution < -0.4 is 5.73 Å². The molecule has 0 saturated heterocycles. The Morgan fingerprint density at radius 3 is 2.07 bits per heavy atom. The molecule has 0 aliphatic carbocycles. The molecule has 2 N–H and O–H groups in total. The maximum absolute atomic E-state index is 6.53. The van der Waals surface area contributed by atoms with Gasteiger partial charge in [0.15, 0.2) is 0 Å². The van der Waals surface area contributed by atoms with Crippen molar-refractivity contribution in [2.75, 3.05) is 5.73 Å². The predicted octanol–water partition coefficient (Wildman–Crippen LogP) is 7.46. The quantitative estimate of drug-likeness (QED) is 0.243. The first-order valence-electron chi connectivity index (χ1n) is 10.2. The zero-order valence-corrected chi connectivity index (χ0v) is 17.5. The Labute approximate surface area is 181 Å². The summed E-state index contributed by atoms with van der Waals surface area (Å²) < 4.78 is 0. The van der Waals surface area contributed by atoms with Crippen molar-refractivity contribution in [3.8, 4) is 0 Å². The molecule has 0 unspecified atom stereocenters. The average molecular weight is 406 g/mol. The van der Waals surface area contributed by atoms with E-state index in [0.717, 1.165) is 28.1 Å². The summed E-state index contributed by atoms with van der Waals surface area (Å²) in [5.41, 5.74) is 11.4. The van der Waals surface area contributed by atoms with Crippen molar-refractivity contribution in [3.05, 3.63) is 120 Å². The maximum Gasteiger partial charge on any atom is 0.0532 e. The second kappa shape index (κ2) is 8.25. The normalized spacial score (nSPS) is 11.2. The third kappa shape index (κ3) is 3.92. The van der Waals surface area contributed by atoms with Crippen molar-refractivity contribution in [2.45, 2.75) is 17.1 Å². The summed E-state index contributed by atoms with van der Waals surface area (Å²) in [5, 5.41) is 4.92. The topological polar surface area (TPSA) is 26.0 Å². The number of hydrogen-bond acceptors (Lipinski definition) is 2. The summed E-state index contributed by atoms with van der Waals surface area (Å²) in [6, 6.07) is 36.8. The van der Waals surface area contributed by atoms with Crippen molar-refractivity contribution < 1.29 is 0 Å². The molecular weight excluding hydrogens is 382 g/mol. The van der Waals surface area contributed by atoms with Crippen LogP contribution in [0.2, 0.25) is 0 Å². The second-order valence-electron chi connectivity index (χ2n) is 7.67. The summed E-state index contributed by atoms with van der Waals surface area (Å²) in [6.45, 7) is 0. The van der Waals surface area contributed by atoms with Crippen LogP contribution in [0.25, 0.3) is 21.5 Å². The molecule has 5 aromatic rings. The Bertz CT molecular complexity index is 1320. The smallest absolute Gasteiger partial charge is 0.0532 e. The van der Waals surface area contributed by atoms with Gasteiger partial charge in [0.05, 0.1) is 5.69 Å². The van der Waals surface area contributed by atoms with Crippen LogP contribution >= 0.6 is 11.8 Å². The van der Waals surface area contributed by atoms with Gasteiger partial charge < -0.3 is 5.73 Å². The molecule has 0 bridgehead atoms. The molecule has 0 amide bonds. The number of thioether (sulfide) groups is 1. The third-order valence-electron chi connectivity index (χ3n) is 5.55. The standard InChI is InChI=1S/C28H23NS/c29-28-26-14-11-22(16-21-10-12-23-8-4-5-9-24(23)17-21)18-25(26)13-15-27(28)30-19-20-6-2-1-3-7-20/h1-15,17-18H,16,19,29H2. The van der Waals surface area contributed by atoms with Crippen molar-refractivity contribution in [1.82, 2.24) is 0 Å². The molecule has 0 aliphatic rings. The third-order valence-corrected chi connectivity index (χ3v) is 6.69. The zero-order valence-electron chi connectivity index (χ0n) is 16.7. The SMILES string of the molecule is Nc1c(SCc2ccccc2)ccc2cc(Cc3ccc4ccccc4c3)ccc12. The molecule has 0 atom stereocenters. The van der Waals surface area contributed by atoms with Crippen LogP contribution in [-0.2, 0) is 12.2 Å². The average Bonchev–Trinajstić information content (AvgIpc) is 2.79. The molecule has 0 saturated carbocycles. The van der Waals surface area contributed by atoms with Gasteiger partial charge in [-0.25, -0.2) is 0 Å². The molecule has 1 nitrogen and oxygen atoms in total. The number of hydrogen-bond donors (Lipinski definition) is 1. The number of rotatable bonds is 5. The van der Waals surface area contributed by atoms with E-state index in [9.17, 15) is 0 Å². The Kier molecular flexibility index (Phi) is 5.17. The van der Waals surface area contributed by atoms with Crippen LogP contribution in [0.5, 0.6) is 0 Å². The van der Waals surface area contributed by atoms with E-state index in [1.54, 1.807) is 11.8 Å². The molecule has 30 heavy (non-hydrogen) atoms. The maximum atomic E-state index is 6.53. The van der Waals surface area contributed by atoms with Crippen molar-refractivity contribution in [3.63, 3.8) is 0 Å². The van der Waals surface area contributed by atoms with E-state index in [0.29, 0.717) is 0 Å². The monoisotopic (exact) mass is 405 g/mol. The van der Waals surface area contributed by atoms with Gasteiger partial charge >= 0.3 is 0 Å². The fraction of sp³-hybridized carbons (Fsp3) is 0.0714. The highest BCUT2D eigenvalue weighted by Crippen LogP contribution is 2.34.